The largest absolute Gasteiger partial charge is 0.369 e. The van der Waals surface area contributed by atoms with Gasteiger partial charge >= 0.3 is 0 Å². The van der Waals surface area contributed by atoms with Crippen molar-refractivity contribution >= 4 is 56.1 Å². The average Bonchev–Trinajstić information content (AvgIpc) is 3.20. The number of benzene rings is 2. The Labute approximate surface area is 200 Å². The van der Waals surface area contributed by atoms with Gasteiger partial charge < -0.3 is 16.0 Å². The highest BCUT2D eigenvalue weighted by atomic mass is 79.9. The molecule has 2 unspecified atom stereocenters. The van der Waals surface area contributed by atoms with Crippen molar-refractivity contribution in [1.29, 1.82) is 0 Å². The molecule has 0 aromatic heterocycles. The van der Waals surface area contributed by atoms with Gasteiger partial charge in [-0.25, -0.2) is 0 Å². The summed E-state index contributed by atoms with van der Waals surface area (Å²) in [5.41, 5.74) is 7.87. The van der Waals surface area contributed by atoms with Crippen LogP contribution in [0.15, 0.2) is 57.5 Å². The number of nitrogens with two attached hydrogens (primary N) is 1. The topological polar surface area (TPSA) is 75.4 Å². The summed E-state index contributed by atoms with van der Waals surface area (Å²) in [6.45, 7) is 2.19. The summed E-state index contributed by atoms with van der Waals surface area (Å²) in [7, 11) is 0. The van der Waals surface area contributed by atoms with Crippen LogP contribution in [0.5, 0.6) is 0 Å². The molecule has 0 bridgehead atoms. The van der Waals surface area contributed by atoms with Gasteiger partial charge in [0, 0.05) is 35.1 Å². The number of carbonyl (C=O) groups excluding carboxylic acids is 2. The van der Waals surface area contributed by atoms with E-state index >= 15 is 0 Å². The molecular formula is C22H26Br2ClN3O2. The molecule has 5 nitrogen and oxygen atoms in total. The van der Waals surface area contributed by atoms with Crippen molar-refractivity contribution in [2.75, 3.05) is 26.2 Å². The van der Waals surface area contributed by atoms with Gasteiger partial charge in [0.05, 0.1) is 11.8 Å². The van der Waals surface area contributed by atoms with E-state index < -0.39 is 11.8 Å². The predicted molar refractivity (Wildman–Crippen MR) is 129 cm³/mol. The molecule has 3 rings (SSSR count). The van der Waals surface area contributed by atoms with Crippen LogP contribution in [0.1, 0.15) is 11.1 Å². The lowest BCUT2D eigenvalue weighted by atomic mass is 9.93. The SMILES string of the molecule is Cl.NC(=O)C1CNCC1C(=O)N(CCc1ccc(Br)cc1)CCc1ccc(Br)cc1. The summed E-state index contributed by atoms with van der Waals surface area (Å²) in [6.07, 6.45) is 1.53. The minimum absolute atomic E-state index is 0. The maximum Gasteiger partial charge on any atom is 0.227 e. The maximum atomic E-state index is 13.3. The first-order valence-electron chi connectivity index (χ1n) is 9.72. The van der Waals surface area contributed by atoms with Gasteiger partial charge in [0.1, 0.15) is 0 Å². The first-order valence-corrected chi connectivity index (χ1v) is 11.3. The second-order valence-corrected chi connectivity index (χ2v) is 9.18. The third-order valence-electron chi connectivity index (χ3n) is 5.38. The molecule has 162 valence electrons. The Balaban J connectivity index is 0.00000320. The van der Waals surface area contributed by atoms with Crippen LogP contribution in [0.25, 0.3) is 0 Å². The number of amides is 2. The lowest BCUT2D eigenvalue weighted by Crippen LogP contribution is -2.44. The molecule has 0 aliphatic carbocycles. The Hall–Kier alpha value is -1.41. The van der Waals surface area contributed by atoms with E-state index in [0.29, 0.717) is 26.2 Å². The van der Waals surface area contributed by atoms with E-state index in [4.69, 9.17) is 5.73 Å². The highest BCUT2D eigenvalue weighted by molar-refractivity contribution is 9.10. The quantitative estimate of drug-likeness (QED) is 0.520. The van der Waals surface area contributed by atoms with Crippen molar-refractivity contribution < 1.29 is 9.59 Å². The first kappa shape index (κ1) is 24.9. The molecule has 2 atom stereocenters. The molecule has 1 aliphatic rings. The zero-order valence-electron chi connectivity index (χ0n) is 16.5. The Bertz CT molecular complexity index is 797. The van der Waals surface area contributed by atoms with Gasteiger partial charge in [-0.05, 0) is 48.2 Å². The fourth-order valence-electron chi connectivity index (χ4n) is 3.63. The van der Waals surface area contributed by atoms with Gasteiger partial charge in [0.2, 0.25) is 11.8 Å². The number of rotatable bonds is 8. The molecule has 8 heteroatoms. The molecule has 2 aromatic rings. The van der Waals surface area contributed by atoms with Crippen molar-refractivity contribution in [2.24, 2.45) is 17.6 Å². The first-order chi connectivity index (χ1) is 13.9. The molecule has 1 heterocycles. The molecular weight excluding hydrogens is 534 g/mol. The van der Waals surface area contributed by atoms with E-state index in [-0.39, 0.29) is 24.2 Å². The van der Waals surface area contributed by atoms with E-state index in [1.807, 2.05) is 29.2 Å². The fourth-order valence-corrected chi connectivity index (χ4v) is 4.16. The minimum atomic E-state index is -0.439. The lowest BCUT2D eigenvalue weighted by Gasteiger charge is -2.27. The Kier molecular flexibility index (Phi) is 9.81. The van der Waals surface area contributed by atoms with E-state index in [9.17, 15) is 9.59 Å². The molecule has 2 amide bonds. The number of nitrogens with zero attached hydrogens (tertiary/aromatic N) is 1. The molecule has 1 aliphatic heterocycles. The van der Waals surface area contributed by atoms with Crippen LogP contribution >= 0.6 is 44.3 Å². The monoisotopic (exact) mass is 557 g/mol. The van der Waals surface area contributed by atoms with Crippen molar-refractivity contribution in [2.45, 2.75) is 12.8 Å². The summed E-state index contributed by atoms with van der Waals surface area (Å²) in [5, 5.41) is 3.14. The molecule has 3 N–H and O–H groups in total. The van der Waals surface area contributed by atoms with Crippen molar-refractivity contribution in [3.63, 3.8) is 0 Å². The molecule has 1 saturated heterocycles. The van der Waals surface area contributed by atoms with Gasteiger partial charge in [-0.1, -0.05) is 56.1 Å². The number of nitrogens with one attached hydrogen (secondary N) is 1. The second kappa shape index (κ2) is 11.8. The van der Waals surface area contributed by atoms with E-state index in [0.717, 1.165) is 21.8 Å². The molecule has 30 heavy (non-hydrogen) atoms. The van der Waals surface area contributed by atoms with Crippen molar-refractivity contribution in [1.82, 2.24) is 10.2 Å². The highest BCUT2D eigenvalue weighted by Crippen LogP contribution is 2.21. The second-order valence-electron chi connectivity index (χ2n) is 7.35. The number of hydrogen-bond donors (Lipinski definition) is 2. The zero-order valence-corrected chi connectivity index (χ0v) is 20.5. The van der Waals surface area contributed by atoms with Gasteiger partial charge in [0.15, 0.2) is 0 Å². The summed E-state index contributed by atoms with van der Waals surface area (Å²) < 4.78 is 2.07. The van der Waals surface area contributed by atoms with E-state index in [2.05, 4.69) is 61.4 Å². The van der Waals surface area contributed by atoms with Crippen molar-refractivity contribution in [3.05, 3.63) is 68.6 Å². The van der Waals surface area contributed by atoms with Crippen LogP contribution in [0.2, 0.25) is 0 Å². The smallest absolute Gasteiger partial charge is 0.227 e. The molecule has 0 radical (unpaired) electrons. The Morgan fingerprint density at radius 3 is 1.73 bits per heavy atom. The predicted octanol–water partition coefficient (Wildman–Crippen LogP) is 3.57. The normalized spacial score (nSPS) is 17.9. The van der Waals surface area contributed by atoms with Gasteiger partial charge in [-0.3, -0.25) is 9.59 Å². The van der Waals surface area contributed by atoms with Crippen LogP contribution in [-0.4, -0.2) is 42.9 Å². The number of carbonyl (C=O) groups is 2. The molecule has 0 spiro atoms. The van der Waals surface area contributed by atoms with Crippen LogP contribution in [-0.2, 0) is 22.4 Å². The molecule has 1 fully saturated rings. The maximum absolute atomic E-state index is 13.3. The van der Waals surface area contributed by atoms with Crippen LogP contribution in [0.3, 0.4) is 0 Å². The average molecular weight is 560 g/mol. The summed E-state index contributed by atoms with van der Waals surface area (Å²) in [6, 6.07) is 16.3. The van der Waals surface area contributed by atoms with E-state index in [1.165, 1.54) is 11.1 Å². The molecule has 0 saturated carbocycles. The number of halogens is 3. The zero-order chi connectivity index (χ0) is 20.8. The lowest BCUT2D eigenvalue weighted by molar-refractivity contribution is -0.139. The van der Waals surface area contributed by atoms with Crippen LogP contribution < -0.4 is 11.1 Å². The molecule has 2 aromatic carbocycles. The highest BCUT2D eigenvalue weighted by Gasteiger charge is 2.38. The fraction of sp³-hybridized carbons (Fsp3) is 0.364. The van der Waals surface area contributed by atoms with Gasteiger partial charge in [-0.2, -0.15) is 0 Å². The minimum Gasteiger partial charge on any atom is -0.369 e. The number of primary amides is 1. The Morgan fingerprint density at radius 1 is 0.867 bits per heavy atom. The third-order valence-corrected chi connectivity index (χ3v) is 6.43. The van der Waals surface area contributed by atoms with Crippen LogP contribution in [0.4, 0.5) is 0 Å². The Morgan fingerprint density at radius 2 is 1.30 bits per heavy atom. The van der Waals surface area contributed by atoms with Crippen LogP contribution in [0, 0.1) is 11.8 Å². The van der Waals surface area contributed by atoms with Gasteiger partial charge in [0.25, 0.3) is 0 Å². The number of hydrogen-bond acceptors (Lipinski definition) is 3. The van der Waals surface area contributed by atoms with Crippen molar-refractivity contribution in [3.8, 4) is 0 Å². The van der Waals surface area contributed by atoms with E-state index in [1.54, 1.807) is 0 Å². The summed E-state index contributed by atoms with van der Waals surface area (Å²) in [5.74, 6) is -1.23. The third kappa shape index (κ3) is 6.80. The standard InChI is InChI=1S/C22H25Br2N3O2.ClH/c23-17-5-1-15(2-6-17)9-11-27(12-10-16-3-7-18(24)8-4-16)22(29)20-14-26-13-19(20)21(25)28;/h1-8,19-20,26H,9-14H2,(H2,25,28);1H. The van der Waals surface area contributed by atoms with Gasteiger partial charge in [-0.15, -0.1) is 12.4 Å². The summed E-state index contributed by atoms with van der Waals surface area (Å²) in [4.78, 5) is 26.9. The summed E-state index contributed by atoms with van der Waals surface area (Å²) >= 11 is 6.90.